The standard InChI is InChI=1S/C20H24S/c1-4-6-17-18-13-16(15-9-7-14(3)8-10-15)11-12-20(18)21-19(17)5-2/h4,6-9,13,15H,5,10-12H2,1-3H3/b6-4-. The second kappa shape index (κ2) is 6.19. The molecule has 21 heavy (non-hydrogen) atoms. The lowest BCUT2D eigenvalue weighted by Gasteiger charge is -2.22. The molecule has 3 rings (SSSR count). The van der Waals surface area contributed by atoms with Gasteiger partial charge in [-0.1, -0.05) is 54.5 Å². The van der Waals surface area contributed by atoms with Crippen LogP contribution in [0.5, 0.6) is 0 Å². The molecule has 1 unspecified atom stereocenters. The molecule has 0 saturated heterocycles. The third-order valence-electron chi connectivity index (χ3n) is 4.52. The lowest BCUT2D eigenvalue weighted by Crippen LogP contribution is -2.07. The van der Waals surface area contributed by atoms with Crippen molar-refractivity contribution in [2.45, 2.75) is 46.5 Å². The zero-order valence-electron chi connectivity index (χ0n) is 13.3. The molecule has 1 heteroatoms. The van der Waals surface area contributed by atoms with Crippen molar-refractivity contribution in [1.29, 1.82) is 0 Å². The van der Waals surface area contributed by atoms with Gasteiger partial charge in [0.2, 0.25) is 0 Å². The molecule has 0 aromatic carbocycles. The van der Waals surface area contributed by atoms with Crippen LogP contribution in [0, 0.1) is 5.92 Å². The number of allylic oxidation sites excluding steroid dienone is 6. The number of fused-ring (bicyclic) bond motifs is 1. The molecule has 1 aromatic heterocycles. The molecule has 0 amide bonds. The fraction of sp³-hybridized carbons (Fsp3) is 0.400. The predicted molar refractivity (Wildman–Crippen MR) is 95.7 cm³/mol. The van der Waals surface area contributed by atoms with Gasteiger partial charge in [0.1, 0.15) is 0 Å². The zero-order chi connectivity index (χ0) is 14.8. The van der Waals surface area contributed by atoms with Gasteiger partial charge in [-0.3, -0.25) is 0 Å². The van der Waals surface area contributed by atoms with Crippen molar-refractivity contribution in [1.82, 2.24) is 0 Å². The first-order chi connectivity index (χ1) is 10.2. The summed E-state index contributed by atoms with van der Waals surface area (Å²) in [5, 5.41) is 0. The fourth-order valence-electron chi connectivity index (χ4n) is 3.33. The number of hydrogen-bond donors (Lipinski definition) is 0. The van der Waals surface area contributed by atoms with Gasteiger partial charge in [0, 0.05) is 15.7 Å². The smallest absolute Gasteiger partial charge is 0.0130 e. The lowest BCUT2D eigenvalue weighted by atomic mass is 9.83. The Hall–Kier alpha value is -1.34. The first-order valence-electron chi connectivity index (χ1n) is 8.05. The normalized spacial score (nSPS) is 21.4. The highest BCUT2D eigenvalue weighted by Crippen LogP contribution is 2.40. The molecule has 0 radical (unpaired) electrons. The van der Waals surface area contributed by atoms with E-state index in [-0.39, 0.29) is 0 Å². The molecule has 1 atom stereocenters. The molecule has 0 bridgehead atoms. The van der Waals surface area contributed by atoms with Crippen molar-refractivity contribution in [3.63, 3.8) is 0 Å². The molecule has 0 fully saturated rings. The van der Waals surface area contributed by atoms with Crippen LogP contribution in [0.4, 0.5) is 0 Å². The van der Waals surface area contributed by atoms with Crippen molar-refractivity contribution in [3.05, 3.63) is 56.3 Å². The Balaban J connectivity index is 1.97. The molecule has 2 aliphatic carbocycles. The summed E-state index contributed by atoms with van der Waals surface area (Å²) in [6, 6.07) is 0. The summed E-state index contributed by atoms with van der Waals surface area (Å²) >= 11 is 2.03. The summed E-state index contributed by atoms with van der Waals surface area (Å²) in [6.45, 7) is 6.58. The highest BCUT2D eigenvalue weighted by molar-refractivity contribution is 7.12. The van der Waals surface area contributed by atoms with Crippen molar-refractivity contribution < 1.29 is 0 Å². The average Bonchev–Trinajstić information content (AvgIpc) is 2.86. The molecule has 0 nitrogen and oxygen atoms in total. The maximum atomic E-state index is 2.49. The molecular formula is C20H24S. The summed E-state index contributed by atoms with van der Waals surface area (Å²) in [5.41, 5.74) is 6.01. The summed E-state index contributed by atoms with van der Waals surface area (Å²) in [6.07, 6.45) is 18.8. The second-order valence-corrected chi connectivity index (χ2v) is 7.19. The summed E-state index contributed by atoms with van der Waals surface area (Å²) in [5.74, 6) is 0.616. The minimum Gasteiger partial charge on any atom is -0.144 e. The van der Waals surface area contributed by atoms with E-state index in [2.05, 4.69) is 57.2 Å². The lowest BCUT2D eigenvalue weighted by molar-refractivity contribution is 0.710. The SMILES string of the molecule is C/C=C\c1c(CC)sc2c1C=C(C1C=CC(C)=CC1)CC2. The van der Waals surface area contributed by atoms with E-state index in [4.69, 9.17) is 0 Å². The number of rotatable bonds is 3. The van der Waals surface area contributed by atoms with Crippen LogP contribution in [0.1, 0.15) is 54.5 Å². The van der Waals surface area contributed by atoms with E-state index in [0.717, 1.165) is 6.42 Å². The van der Waals surface area contributed by atoms with Crippen LogP contribution in [0.2, 0.25) is 0 Å². The molecule has 2 aliphatic rings. The molecule has 1 aromatic rings. The second-order valence-electron chi connectivity index (χ2n) is 6.00. The number of hydrogen-bond acceptors (Lipinski definition) is 1. The van der Waals surface area contributed by atoms with Gasteiger partial charge in [-0.25, -0.2) is 0 Å². The van der Waals surface area contributed by atoms with Gasteiger partial charge in [-0.05, 0) is 50.7 Å². The van der Waals surface area contributed by atoms with Gasteiger partial charge in [0.25, 0.3) is 0 Å². The summed E-state index contributed by atoms with van der Waals surface area (Å²) in [7, 11) is 0. The zero-order valence-corrected chi connectivity index (χ0v) is 14.1. The monoisotopic (exact) mass is 296 g/mol. The largest absolute Gasteiger partial charge is 0.144 e. The minimum atomic E-state index is 0.616. The number of thiophene rings is 1. The quantitative estimate of drug-likeness (QED) is 0.623. The Labute approximate surface area is 132 Å². The highest BCUT2D eigenvalue weighted by Gasteiger charge is 2.22. The van der Waals surface area contributed by atoms with Crippen LogP contribution < -0.4 is 0 Å². The molecular weight excluding hydrogens is 272 g/mol. The van der Waals surface area contributed by atoms with Gasteiger partial charge in [-0.2, -0.15) is 0 Å². The van der Waals surface area contributed by atoms with Crippen molar-refractivity contribution in [2.75, 3.05) is 0 Å². The molecule has 0 N–H and O–H groups in total. The highest BCUT2D eigenvalue weighted by atomic mass is 32.1. The van der Waals surface area contributed by atoms with Gasteiger partial charge < -0.3 is 0 Å². The molecule has 0 aliphatic heterocycles. The van der Waals surface area contributed by atoms with E-state index in [9.17, 15) is 0 Å². The Morgan fingerprint density at radius 2 is 2.19 bits per heavy atom. The summed E-state index contributed by atoms with van der Waals surface area (Å²) < 4.78 is 0. The predicted octanol–water partition coefficient (Wildman–Crippen LogP) is 6.20. The van der Waals surface area contributed by atoms with Crippen LogP contribution in [-0.2, 0) is 12.8 Å². The molecule has 1 heterocycles. The maximum Gasteiger partial charge on any atom is 0.0130 e. The Morgan fingerprint density at radius 1 is 1.33 bits per heavy atom. The van der Waals surface area contributed by atoms with Crippen LogP contribution in [0.25, 0.3) is 12.2 Å². The van der Waals surface area contributed by atoms with Crippen molar-refractivity contribution in [3.8, 4) is 0 Å². The van der Waals surface area contributed by atoms with Crippen LogP contribution >= 0.6 is 11.3 Å². The molecule has 0 spiro atoms. The first-order valence-corrected chi connectivity index (χ1v) is 8.87. The Morgan fingerprint density at radius 3 is 2.86 bits per heavy atom. The van der Waals surface area contributed by atoms with Gasteiger partial charge in [0.15, 0.2) is 0 Å². The fourth-order valence-corrected chi connectivity index (χ4v) is 4.54. The van der Waals surface area contributed by atoms with Gasteiger partial charge in [0.05, 0.1) is 0 Å². The Bertz CT molecular complexity index is 650. The van der Waals surface area contributed by atoms with Gasteiger partial charge >= 0.3 is 0 Å². The molecule has 0 saturated carbocycles. The van der Waals surface area contributed by atoms with E-state index >= 15 is 0 Å². The molecule has 110 valence electrons. The average molecular weight is 296 g/mol. The van der Waals surface area contributed by atoms with E-state index in [0.29, 0.717) is 5.92 Å². The van der Waals surface area contributed by atoms with E-state index in [1.54, 1.807) is 15.3 Å². The van der Waals surface area contributed by atoms with Crippen molar-refractivity contribution >= 4 is 23.5 Å². The Kier molecular flexibility index (Phi) is 4.30. The van der Waals surface area contributed by atoms with E-state index in [1.165, 1.54) is 36.0 Å². The van der Waals surface area contributed by atoms with Crippen LogP contribution in [-0.4, -0.2) is 0 Å². The van der Waals surface area contributed by atoms with Crippen LogP contribution in [0.15, 0.2) is 35.5 Å². The van der Waals surface area contributed by atoms with E-state index in [1.807, 2.05) is 11.3 Å². The van der Waals surface area contributed by atoms with E-state index < -0.39 is 0 Å². The summed E-state index contributed by atoms with van der Waals surface area (Å²) in [4.78, 5) is 3.14. The number of aryl methyl sites for hydroxylation is 2. The topological polar surface area (TPSA) is 0 Å². The van der Waals surface area contributed by atoms with Crippen molar-refractivity contribution in [2.24, 2.45) is 5.92 Å². The maximum absolute atomic E-state index is 2.49. The van der Waals surface area contributed by atoms with Crippen LogP contribution in [0.3, 0.4) is 0 Å². The minimum absolute atomic E-state index is 0.616. The van der Waals surface area contributed by atoms with Gasteiger partial charge in [-0.15, -0.1) is 11.3 Å². The third-order valence-corrected chi connectivity index (χ3v) is 5.95. The first kappa shape index (κ1) is 14.6. The third kappa shape index (κ3) is 2.85.